The number of imidazole rings is 1. The van der Waals surface area contributed by atoms with Crippen molar-refractivity contribution < 1.29 is 18.3 Å². The second kappa shape index (κ2) is 4.84. The molecule has 1 aromatic rings. The highest BCUT2D eigenvalue weighted by atomic mass is 32.2. The number of rotatable bonds is 6. The maximum absolute atomic E-state index is 11.8. The summed E-state index contributed by atoms with van der Waals surface area (Å²) in [6, 6.07) is 0. The average molecular weight is 261 g/mol. The number of aliphatic carboxylic acids is 1. The second-order valence-corrected chi connectivity index (χ2v) is 5.95. The van der Waals surface area contributed by atoms with Crippen molar-refractivity contribution in [3.63, 3.8) is 0 Å². The van der Waals surface area contributed by atoms with E-state index in [0.29, 0.717) is 0 Å². The highest BCUT2D eigenvalue weighted by Crippen LogP contribution is 2.15. The van der Waals surface area contributed by atoms with Crippen LogP contribution in [-0.4, -0.2) is 35.0 Å². The Morgan fingerprint density at radius 2 is 2.24 bits per heavy atom. The van der Waals surface area contributed by atoms with Crippen LogP contribution in [0.5, 0.6) is 0 Å². The van der Waals surface area contributed by atoms with Crippen LogP contribution in [0.25, 0.3) is 0 Å². The summed E-state index contributed by atoms with van der Waals surface area (Å²) in [5.74, 6) is -0.959. The maximum atomic E-state index is 11.8. The van der Waals surface area contributed by atoms with E-state index in [2.05, 4.69) is 14.7 Å². The number of carboxylic acids is 1. The fraction of sp³-hybridized carbons (Fsp3) is 0.556. The van der Waals surface area contributed by atoms with Crippen LogP contribution < -0.4 is 4.72 Å². The first-order chi connectivity index (χ1) is 7.73. The number of H-pyrrole nitrogens is 1. The number of sulfonamides is 1. The Morgan fingerprint density at radius 3 is 2.71 bits per heavy atom. The molecule has 0 unspecified atom stereocenters. The van der Waals surface area contributed by atoms with Crippen molar-refractivity contribution in [3.8, 4) is 0 Å². The molecule has 0 aliphatic rings. The Balaban J connectivity index is 2.73. The molecule has 0 radical (unpaired) electrons. The molecule has 0 fully saturated rings. The van der Waals surface area contributed by atoms with Crippen LogP contribution in [0.15, 0.2) is 17.6 Å². The molecule has 17 heavy (non-hydrogen) atoms. The molecule has 0 saturated heterocycles. The number of hydrogen-bond donors (Lipinski definition) is 3. The van der Waals surface area contributed by atoms with E-state index in [4.69, 9.17) is 5.11 Å². The molecule has 0 aromatic carbocycles. The molecule has 1 aromatic heterocycles. The van der Waals surface area contributed by atoms with E-state index in [0.717, 1.165) is 0 Å². The monoisotopic (exact) mass is 261 g/mol. The van der Waals surface area contributed by atoms with Gasteiger partial charge in [-0.3, -0.25) is 4.79 Å². The van der Waals surface area contributed by atoms with Crippen LogP contribution in [0.4, 0.5) is 0 Å². The standard InChI is InChI=1S/C9H15N3O4S/c1-9(2,4-3-8(13)14)12-17(15,16)7-5-10-6-11-7/h5-6,12H,3-4H2,1-2H3,(H,10,11)(H,13,14). The minimum absolute atomic E-state index is 0.0408. The van der Waals surface area contributed by atoms with E-state index >= 15 is 0 Å². The van der Waals surface area contributed by atoms with Gasteiger partial charge < -0.3 is 10.1 Å². The van der Waals surface area contributed by atoms with Gasteiger partial charge in [0.15, 0.2) is 5.03 Å². The van der Waals surface area contributed by atoms with Gasteiger partial charge >= 0.3 is 5.97 Å². The largest absolute Gasteiger partial charge is 0.481 e. The Kier molecular flexibility index (Phi) is 3.89. The van der Waals surface area contributed by atoms with Crippen molar-refractivity contribution >= 4 is 16.0 Å². The zero-order valence-corrected chi connectivity index (χ0v) is 10.4. The first kappa shape index (κ1) is 13.7. The topological polar surface area (TPSA) is 112 Å². The van der Waals surface area contributed by atoms with Gasteiger partial charge in [0, 0.05) is 12.0 Å². The van der Waals surface area contributed by atoms with Crippen molar-refractivity contribution in [2.24, 2.45) is 0 Å². The van der Waals surface area contributed by atoms with Gasteiger partial charge in [-0.25, -0.2) is 18.1 Å². The Labute approximate surface area is 99.3 Å². The van der Waals surface area contributed by atoms with Gasteiger partial charge in [0.1, 0.15) is 0 Å². The molecule has 7 nitrogen and oxygen atoms in total. The van der Waals surface area contributed by atoms with Crippen LogP contribution >= 0.6 is 0 Å². The van der Waals surface area contributed by atoms with Crippen molar-refractivity contribution in [1.82, 2.24) is 14.7 Å². The summed E-state index contributed by atoms with van der Waals surface area (Å²) in [5, 5.41) is 8.52. The summed E-state index contributed by atoms with van der Waals surface area (Å²) in [5.41, 5.74) is -0.831. The molecule has 0 amide bonds. The lowest BCUT2D eigenvalue weighted by Gasteiger charge is -2.24. The molecule has 1 heterocycles. The second-order valence-electron chi connectivity index (χ2n) is 4.30. The van der Waals surface area contributed by atoms with Crippen molar-refractivity contribution in [1.29, 1.82) is 0 Å². The van der Waals surface area contributed by atoms with Gasteiger partial charge in [-0.2, -0.15) is 0 Å². The van der Waals surface area contributed by atoms with E-state index in [-0.39, 0.29) is 17.9 Å². The molecular formula is C9H15N3O4S. The highest BCUT2D eigenvalue weighted by Gasteiger charge is 2.27. The zero-order chi connectivity index (χ0) is 13.1. The summed E-state index contributed by atoms with van der Waals surface area (Å²) >= 11 is 0. The predicted octanol–water partition coefficient (Wildman–Crippen LogP) is 0.331. The van der Waals surface area contributed by atoms with Gasteiger partial charge in [-0.15, -0.1) is 0 Å². The fourth-order valence-electron chi connectivity index (χ4n) is 1.28. The molecular weight excluding hydrogens is 246 g/mol. The minimum Gasteiger partial charge on any atom is -0.481 e. The fourth-order valence-corrected chi connectivity index (χ4v) is 2.63. The molecule has 0 aliphatic heterocycles. The number of hydrogen-bond acceptors (Lipinski definition) is 4. The van der Waals surface area contributed by atoms with Crippen molar-refractivity contribution in [3.05, 3.63) is 12.5 Å². The normalized spacial score (nSPS) is 12.6. The Hall–Kier alpha value is -1.41. The van der Waals surface area contributed by atoms with Crippen LogP contribution in [0, 0.1) is 0 Å². The molecule has 0 saturated carbocycles. The molecule has 0 aliphatic carbocycles. The minimum atomic E-state index is -3.68. The average Bonchev–Trinajstić information content (AvgIpc) is 2.66. The number of aromatic nitrogens is 2. The van der Waals surface area contributed by atoms with E-state index < -0.39 is 21.5 Å². The summed E-state index contributed by atoms with van der Waals surface area (Å²) in [6.07, 6.45) is 2.56. The van der Waals surface area contributed by atoms with Gasteiger partial charge in [-0.1, -0.05) is 0 Å². The Bertz CT molecular complexity index is 478. The first-order valence-corrected chi connectivity index (χ1v) is 6.45. The Morgan fingerprint density at radius 1 is 1.59 bits per heavy atom. The van der Waals surface area contributed by atoms with E-state index in [1.165, 1.54) is 12.5 Å². The molecule has 0 bridgehead atoms. The maximum Gasteiger partial charge on any atom is 0.303 e. The van der Waals surface area contributed by atoms with E-state index in [9.17, 15) is 13.2 Å². The van der Waals surface area contributed by atoms with Crippen LogP contribution in [0.3, 0.4) is 0 Å². The predicted molar refractivity (Wildman–Crippen MR) is 59.9 cm³/mol. The molecule has 0 atom stereocenters. The number of aromatic amines is 1. The van der Waals surface area contributed by atoms with Crippen LogP contribution in [0.2, 0.25) is 0 Å². The summed E-state index contributed by atoms with van der Waals surface area (Å²) < 4.78 is 26.1. The number of carboxylic acid groups (broad SMARTS) is 1. The van der Waals surface area contributed by atoms with Gasteiger partial charge in [0.2, 0.25) is 0 Å². The van der Waals surface area contributed by atoms with Gasteiger partial charge in [0.25, 0.3) is 10.0 Å². The SMILES string of the molecule is CC(C)(CCC(=O)O)NS(=O)(=O)c1cnc[nH]1. The molecule has 1 rings (SSSR count). The first-order valence-electron chi connectivity index (χ1n) is 4.97. The van der Waals surface area contributed by atoms with E-state index in [1.54, 1.807) is 13.8 Å². The van der Waals surface area contributed by atoms with Crippen molar-refractivity contribution in [2.45, 2.75) is 37.3 Å². The van der Waals surface area contributed by atoms with Crippen LogP contribution in [-0.2, 0) is 14.8 Å². The quantitative estimate of drug-likeness (QED) is 0.683. The third kappa shape index (κ3) is 4.16. The molecule has 3 N–H and O–H groups in total. The smallest absolute Gasteiger partial charge is 0.303 e. The van der Waals surface area contributed by atoms with Crippen molar-refractivity contribution in [2.75, 3.05) is 0 Å². The summed E-state index contributed by atoms with van der Waals surface area (Å²) in [6.45, 7) is 3.26. The van der Waals surface area contributed by atoms with Gasteiger partial charge in [0.05, 0.1) is 12.5 Å². The number of nitrogens with one attached hydrogen (secondary N) is 2. The summed E-state index contributed by atoms with van der Waals surface area (Å²) in [7, 11) is -3.68. The van der Waals surface area contributed by atoms with E-state index in [1.807, 2.05) is 0 Å². The lowest BCUT2D eigenvalue weighted by Crippen LogP contribution is -2.43. The lowest BCUT2D eigenvalue weighted by atomic mass is 10.0. The molecule has 96 valence electrons. The van der Waals surface area contributed by atoms with Gasteiger partial charge in [-0.05, 0) is 20.3 Å². The summed E-state index contributed by atoms with van der Waals surface area (Å²) in [4.78, 5) is 16.6. The number of nitrogens with zero attached hydrogens (tertiary/aromatic N) is 1. The lowest BCUT2D eigenvalue weighted by molar-refractivity contribution is -0.137. The molecule has 8 heteroatoms. The third-order valence-corrected chi connectivity index (χ3v) is 3.76. The number of carbonyl (C=O) groups is 1. The van der Waals surface area contributed by atoms with Crippen LogP contribution in [0.1, 0.15) is 26.7 Å². The third-order valence-electron chi connectivity index (χ3n) is 2.14. The zero-order valence-electron chi connectivity index (χ0n) is 9.60. The molecule has 0 spiro atoms. The highest BCUT2D eigenvalue weighted by molar-refractivity contribution is 7.89.